The lowest BCUT2D eigenvalue weighted by Gasteiger charge is -2.29. The molecule has 4 heteroatoms. The fourth-order valence-corrected chi connectivity index (χ4v) is 1.42. The Morgan fingerprint density at radius 3 is 2.87 bits per heavy atom. The molecule has 1 rings (SSSR count). The second-order valence-corrected chi connectivity index (χ2v) is 4.00. The standard InChI is InChI=1S/C11H18N2O2/c1-8(15-3)11(2,14)7-9-4-5-13-10(12)6-9/h4-6,8,14H,7H2,1-3H3,(H2,12,13). The summed E-state index contributed by atoms with van der Waals surface area (Å²) in [5.41, 5.74) is 5.62. The van der Waals surface area contributed by atoms with Crippen LogP contribution in [0.15, 0.2) is 18.3 Å². The van der Waals surface area contributed by atoms with Gasteiger partial charge in [0.15, 0.2) is 0 Å². The average Bonchev–Trinajstić information content (AvgIpc) is 2.15. The molecule has 0 aromatic carbocycles. The van der Waals surface area contributed by atoms with Gasteiger partial charge >= 0.3 is 0 Å². The first kappa shape index (κ1) is 11.9. The van der Waals surface area contributed by atoms with E-state index in [9.17, 15) is 5.11 Å². The van der Waals surface area contributed by atoms with Gasteiger partial charge in [-0.05, 0) is 31.5 Å². The molecule has 4 nitrogen and oxygen atoms in total. The van der Waals surface area contributed by atoms with E-state index in [0.29, 0.717) is 12.2 Å². The highest BCUT2D eigenvalue weighted by atomic mass is 16.5. The van der Waals surface area contributed by atoms with E-state index in [1.54, 1.807) is 26.3 Å². The van der Waals surface area contributed by atoms with Gasteiger partial charge < -0.3 is 15.6 Å². The normalized spacial score (nSPS) is 17.1. The number of pyridine rings is 1. The molecule has 2 atom stereocenters. The number of aromatic nitrogens is 1. The van der Waals surface area contributed by atoms with Gasteiger partial charge in [0.2, 0.25) is 0 Å². The van der Waals surface area contributed by atoms with Gasteiger partial charge in [-0.15, -0.1) is 0 Å². The van der Waals surface area contributed by atoms with Crippen LogP contribution in [-0.2, 0) is 11.2 Å². The summed E-state index contributed by atoms with van der Waals surface area (Å²) >= 11 is 0. The first-order valence-electron chi connectivity index (χ1n) is 4.91. The van der Waals surface area contributed by atoms with Crippen molar-refractivity contribution in [3.63, 3.8) is 0 Å². The molecule has 2 unspecified atom stereocenters. The van der Waals surface area contributed by atoms with E-state index >= 15 is 0 Å². The molecule has 1 heterocycles. The highest BCUT2D eigenvalue weighted by molar-refractivity contribution is 5.32. The molecule has 0 aliphatic heterocycles. The van der Waals surface area contributed by atoms with Crippen LogP contribution in [0, 0.1) is 0 Å². The van der Waals surface area contributed by atoms with Crippen molar-refractivity contribution in [2.75, 3.05) is 12.8 Å². The Balaban J connectivity index is 2.77. The smallest absolute Gasteiger partial charge is 0.123 e. The van der Waals surface area contributed by atoms with Crippen molar-refractivity contribution in [1.29, 1.82) is 0 Å². The Morgan fingerprint density at radius 2 is 2.33 bits per heavy atom. The summed E-state index contributed by atoms with van der Waals surface area (Å²) in [5, 5.41) is 10.1. The van der Waals surface area contributed by atoms with E-state index in [0.717, 1.165) is 5.56 Å². The molecule has 0 aliphatic rings. The third-order valence-corrected chi connectivity index (χ3v) is 2.64. The zero-order chi connectivity index (χ0) is 11.5. The molecule has 0 bridgehead atoms. The SMILES string of the molecule is COC(C)C(C)(O)Cc1ccnc(N)c1. The van der Waals surface area contributed by atoms with Gasteiger partial charge in [-0.2, -0.15) is 0 Å². The Labute approximate surface area is 90.1 Å². The number of rotatable bonds is 4. The first-order valence-corrected chi connectivity index (χ1v) is 4.91. The highest BCUT2D eigenvalue weighted by Gasteiger charge is 2.28. The van der Waals surface area contributed by atoms with E-state index in [4.69, 9.17) is 10.5 Å². The van der Waals surface area contributed by atoms with Crippen molar-refractivity contribution in [3.05, 3.63) is 23.9 Å². The summed E-state index contributed by atoms with van der Waals surface area (Å²) < 4.78 is 5.12. The number of ether oxygens (including phenoxy) is 1. The maximum absolute atomic E-state index is 10.1. The summed E-state index contributed by atoms with van der Waals surface area (Å²) in [5.74, 6) is 0.466. The molecule has 1 aromatic heterocycles. The van der Waals surface area contributed by atoms with Gasteiger partial charge in [0.25, 0.3) is 0 Å². The van der Waals surface area contributed by atoms with Crippen molar-refractivity contribution in [2.24, 2.45) is 0 Å². The predicted octanol–water partition coefficient (Wildman–Crippen LogP) is 0.992. The van der Waals surface area contributed by atoms with Crippen molar-refractivity contribution >= 4 is 5.82 Å². The largest absolute Gasteiger partial charge is 0.387 e. The number of nitrogens with zero attached hydrogens (tertiary/aromatic N) is 1. The van der Waals surface area contributed by atoms with E-state index in [-0.39, 0.29) is 6.10 Å². The molecule has 0 saturated heterocycles. The molecule has 84 valence electrons. The molecule has 15 heavy (non-hydrogen) atoms. The van der Waals surface area contributed by atoms with Crippen LogP contribution in [0.1, 0.15) is 19.4 Å². The predicted molar refractivity (Wildman–Crippen MR) is 59.4 cm³/mol. The summed E-state index contributed by atoms with van der Waals surface area (Å²) in [6, 6.07) is 3.60. The minimum Gasteiger partial charge on any atom is -0.387 e. The second-order valence-electron chi connectivity index (χ2n) is 4.00. The van der Waals surface area contributed by atoms with Gasteiger partial charge in [0.1, 0.15) is 5.82 Å². The Morgan fingerprint density at radius 1 is 1.67 bits per heavy atom. The molecule has 0 radical (unpaired) electrons. The molecule has 0 spiro atoms. The maximum Gasteiger partial charge on any atom is 0.123 e. The highest BCUT2D eigenvalue weighted by Crippen LogP contribution is 2.19. The van der Waals surface area contributed by atoms with Gasteiger partial charge in [-0.25, -0.2) is 4.98 Å². The molecule has 1 aromatic rings. The fourth-order valence-electron chi connectivity index (χ4n) is 1.42. The zero-order valence-corrected chi connectivity index (χ0v) is 9.40. The van der Waals surface area contributed by atoms with Crippen molar-refractivity contribution in [2.45, 2.75) is 32.0 Å². The molecular weight excluding hydrogens is 192 g/mol. The van der Waals surface area contributed by atoms with E-state index < -0.39 is 5.60 Å². The number of nitrogen functional groups attached to an aromatic ring is 1. The van der Waals surface area contributed by atoms with Crippen LogP contribution in [0.4, 0.5) is 5.82 Å². The average molecular weight is 210 g/mol. The summed E-state index contributed by atoms with van der Waals surface area (Å²) in [7, 11) is 1.58. The quantitative estimate of drug-likeness (QED) is 0.777. The van der Waals surface area contributed by atoms with Gasteiger partial charge in [-0.1, -0.05) is 0 Å². The minimum atomic E-state index is -0.900. The minimum absolute atomic E-state index is 0.230. The lowest BCUT2D eigenvalue weighted by atomic mass is 9.92. The number of aliphatic hydroxyl groups is 1. The number of hydrogen-bond acceptors (Lipinski definition) is 4. The number of anilines is 1. The van der Waals surface area contributed by atoms with Crippen molar-refractivity contribution in [1.82, 2.24) is 4.98 Å². The number of hydrogen-bond donors (Lipinski definition) is 2. The van der Waals surface area contributed by atoms with Gasteiger partial charge in [0.05, 0.1) is 11.7 Å². The number of methoxy groups -OCH3 is 1. The van der Waals surface area contributed by atoms with Crippen LogP contribution in [0.3, 0.4) is 0 Å². The summed E-state index contributed by atoms with van der Waals surface area (Å²) in [4.78, 5) is 3.90. The molecular formula is C11H18N2O2. The summed E-state index contributed by atoms with van der Waals surface area (Å²) in [6.45, 7) is 3.59. The first-order chi connectivity index (χ1) is 6.95. The molecule has 3 N–H and O–H groups in total. The molecule has 0 amide bonds. The number of nitrogens with two attached hydrogens (primary N) is 1. The molecule has 0 aliphatic carbocycles. The Bertz CT molecular complexity index is 326. The van der Waals surface area contributed by atoms with Crippen molar-refractivity contribution in [3.8, 4) is 0 Å². The topological polar surface area (TPSA) is 68.4 Å². The van der Waals surface area contributed by atoms with Gasteiger partial charge in [0, 0.05) is 19.7 Å². The zero-order valence-electron chi connectivity index (χ0n) is 9.40. The fraction of sp³-hybridized carbons (Fsp3) is 0.545. The van der Waals surface area contributed by atoms with Gasteiger partial charge in [-0.3, -0.25) is 0 Å². The van der Waals surface area contributed by atoms with Crippen LogP contribution in [-0.4, -0.2) is 28.9 Å². The van der Waals surface area contributed by atoms with Crippen LogP contribution in [0.2, 0.25) is 0 Å². The van der Waals surface area contributed by atoms with E-state index in [1.165, 1.54) is 0 Å². The van der Waals surface area contributed by atoms with Crippen LogP contribution in [0.5, 0.6) is 0 Å². The third-order valence-electron chi connectivity index (χ3n) is 2.64. The monoisotopic (exact) mass is 210 g/mol. The Hall–Kier alpha value is -1.13. The van der Waals surface area contributed by atoms with Crippen LogP contribution >= 0.6 is 0 Å². The molecule has 0 fully saturated rings. The second kappa shape index (κ2) is 4.59. The van der Waals surface area contributed by atoms with Crippen LogP contribution < -0.4 is 5.73 Å². The van der Waals surface area contributed by atoms with Crippen LogP contribution in [0.25, 0.3) is 0 Å². The van der Waals surface area contributed by atoms with Crippen molar-refractivity contribution < 1.29 is 9.84 Å². The molecule has 0 saturated carbocycles. The van der Waals surface area contributed by atoms with E-state index in [1.807, 2.05) is 13.0 Å². The third kappa shape index (κ3) is 3.18. The summed E-state index contributed by atoms with van der Waals surface area (Å²) in [6.07, 6.45) is 1.90. The maximum atomic E-state index is 10.1. The van der Waals surface area contributed by atoms with E-state index in [2.05, 4.69) is 4.98 Å². The lowest BCUT2D eigenvalue weighted by molar-refractivity contribution is -0.0715. The Kier molecular flexibility index (Phi) is 3.66. The lowest BCUT2D eigenvalue weighted by Crippen LogP contribution is -2.40.